The van der Waals surface area contributed by atoms with Gasteiger partial charge >= 0.3 is 0 Å². The molecule has 1 heterocycles. The quantitative estimate of drug-likeness (QED) is 0.590. The number of anilines is 2. The van der Waals surface area contributed by atoms with E-state index in [1.54, 1.807) is 0 Å². The van der Waals surface area contributed by atoms with Crippen LogP contribution in [0.5, 0.6) is 0 Å². The zero-order valence-electron chi connectivity index (χ0n) is 18.5. The molecule has 1 aliphatic carbocycles. The van der Waals surface area contributed by atoms with E-state index in [9.17, 15) is 4.79 Å². The summed E-state index contributed by atoms with van der Waals surface area (Å²) in [7, 11) is 4.14. The van der Waals surface area contributed by atoms with Crippen LogP contribution in [0.2, 0.25) is 0 Å². The molecule has 1 aromatic heterocycles. The lowest BCUT2D eigenvalue weighted by Crippen LogP contribution is -2.34. The molecule has 0 saturated heterocycles. The van der Waals surface area contributed by atoms with Gasteiger partial charge in [0, 0.05) is 43.8 Å². The Hall–Kier alpha value is -3.08. The van der Waals surface area contributed by atoms with Gasteiger partial charge in [-0.2, -0.15) is 0 Å². The second kappa shape index (κ2) is 9.82. The number of hydrogen-bond donors (Lipinski definition) is 2. The fourth-order valence-electron chi connectivity index (χ4n) is 4.42. The monoisotopic (exact) mass is 416 g/mol. The molecule has 1 saturated carbocycles. The lowest BCUT2D eigenvalue weighted by molar-refractivity contribution is -0.120. The first kappa shape index (κ1) is 21.2. The number of amides is 1. The van der Waals surface area contributed by atoms with E-state index < -0.39 is 0 Å². The lowest BCUT2D eigenvalue weighted by atomic mass is 9.86. The van der Waals surface area contributed by atoms with Gasteiger partial charge in [0.1, 0.15) is 5.82 Å². The Kier molecular flexibility index (Phi) is 6.70. The molecule has 162 valence electrons. The minimum Gasteiger partial charge on any atom is -0.377 e. The summed E-state index contributed by atoms with van der Waals surface area (Å²) in [5, 5.41) is 7.96. The van der Waals surface area contributed by atoms with Gasteiger partial charge in [0.15, 0.2) is 0 Å². The van der Waals surface area contributed by atoms with Crippen molar-refractivity contribution < 1.29 is 4.79 Å². The van der Waals surface area contributed by atoms with Gasteiger partial charge in [-0.15, -0.1) is 0 Å². The van der Waals surface area contributed by atoms with Crippen LogP contribution in [0.3, 0.4) is 0 Å². The van der Waals surface area contributed by atoms with Crippen molar-refractivity contribution in [3.8, 4) is 0 Å². The maximum atomic E-state index is 12.2. The molecular weight excluding hydrogens is 384 g/mol. The topological polar surface area (TPSA) is 57.3 Å². The molecule has 31 heavy (non-hydrogen) atoms. The summed E-state index contributed by atoms with van der Waals surface area (Å²) < 4.78 is 0. The highest BCUT2D eigenvalue weighted by molar-refractivity contribution is 5.93. The van der Waals surface area contributed by atoms with Gasteiger partial charge in [-0.3, -0.25) is 4.79 Å². The molecule has 1 fully saturated rings. The molecule has 0 atom stereocenters. The van der Waals surface area contributed by atoms with E-state index in [0.717, 1.165) is 49.1 Å². The van der Waals surface area contributed by atoms with E-state index in [-0.39, 0.29) is 5.91 Å². The summed E-state index contributed by atoms with van der Waals surface area (Å²) in [6, 6.07) is 20.8. The van der Waals surface area contributed by atoms with Crippen LogP contribution < -0.4 is 15.5 Å². The number of carbonyl (C=O) groups is 1. The molecule has 0 spiro atoms. The Labute approximate surface area is 184 Å². The smallest absolute Gasteiger partial charge is 0.224 e. The fourth-order valence-corrected chi connectivity index (χ4v) is 4.42. The van der Waals surface area contributed by atoms with Gasteiger partial charge < -0.3 is 15.5 Å². The number of nitrogens with zero attached hydrogens (tertiary/aromatic N) is 2. The second-order valence-electron chi connectivity index (χ2n) is 8.77. The summed E-state index contributed by atoms with van der Waals surface area (Å²) in [6.45, 7) is 0.775. The summed E-state index contributed by atoms with van der Waals surface area (Å²) in [4.78, 5) is 19.2. The highest BCUT2D eigenvalue weighted by Gasteiger charge is 2.22. The van der Waals surface area contributed by atoms with E-state index in [1.807, 2.05) is 36.4 Å². The number of rotatable bonds is 7. The van der Waals surface area contributed by atoms with Crippen molar-refractivity contribution in [1.29, 1.82) is 0 Å². The molecule has 2 N–H and O–H groups in total. The summed E-state index contributed by atoms with van der Waals surface area (Å²) in [5.74, 6) is 1.62. The third-order valence-corrected chi connectivity index (χ3v) is 6.17. The molecular formula is C26H32N4O. The average Bonchev–Trinajstić information content (AvgIpc) is 2.78. The van der Waals surface area contributed by atoms with Crippen molar-refractivity contribution in [3.05, 3.63) is 66.2 Å². The van der Waals surface area contributed by atoms with Crippen molar-refractivity contribution in [2.45, 2.75) is 38.1 Å². The number of para-hydroxylation sites is 1. The zero-order chi connectivity index (χ0) is 21.6. The van der Waals surface area contributed by atoms with Gasteiger partial charge in [0.25, 0.3) is 0 Å². The summed E-state index contributed by atoms with van der Waals surface area (Å²) in [5.41, 5.74) is 3.27. The predicted octanol–water partition coefficient (Wildman–Crippen LogP) is 4.63. The van der Waals surface area contributed by atoms with Crippen LogP contribution in [-0.4, -0.2) is 37.6 Å². The Morgan fingerprint density at radius 1 is 1.00 bits per heavy atom. The minimum absolute atomic E-state index is 0.114. The summed E-state index contributed by atoms with van der Waals surface area (Å²) in [6.07, 6.45) is 4.91. The predicted molar refractivity (Wildman–Crippen MR) is 129 cm³/mol. The first-order valence-corrected chi connectivity index (χ1v) is 11.2. The van der Waals surface area contributed by atoms with Crippen LogP contribution in [0, 0.1) is 5.92 Å². The summed E-state index contributed by atoms with van der Waals surface area (Å²) >= 11 is 0. The van der Waals surface area contributed by atoms with Crippen molar-refractivity contribution in [2.75, 3.05) is 30.9 Å². The number of carbonyl (C=O) groups excluding carboxylic acids is 1. The maximum absolute atomic E-state index is 12.2. The molecule has 1 amide bonds. The van der Waals surface area contributed by atoms with Crippen molar-refractivity contribution in [2.24, 2.45) is 5.92 Å². The van der Waals surface area contributed by atoms with Gasteiger partial charge in [0.05, 0.1) is 11.9 Å². The number of hydrogen-bond acceptors (Lipinski definition) is 4. The Bertz CT molecular complexity index is 1010. The van der Waals surface area contributed by atoms with E-state index >= 15 is 0 Å². The Morgan fingerprint density at radius 2 is 1.71 bits per heavy atom. The first-order valence-electron chi connectivity index (χ1n) is 11.2. The molecule has 2 aromatic carbocycles. The number of aromatic nitrogens is 1. The van der Waals surface area contributed by atoms with Crippen molar-refractivity contribution in [3.63, 3.8) is 0 Å². The number of nitrogens with one attached hydrogen (secondary N) is 2. The number of pyridine rings is 1. The number of benzene rings is 2. The Morgan fingerprint density at radius 3 is 2.45 bits per heavy atom. The first-order chi connectivity index (χ1) is 15.1. The highest BCUT2D eigenvalue weighted by atomic mass is 16.1. The van der Waals surface area contributed by atoms with Crippen LogP contribution in [-0.2, 0) is 11.2 Å². The lowest BCUT2D eigenvalue weighted by Gasteiger charge is -2.30. The van der Waals surface area contributed by atoms with Crippen LogP contribution in [0.4, 0.5) is 11.5 Å². The highest BCUT2D eigenvalue weighted by Crippen LogP contribution is 2.30. The molecule has 5 heteroatoms. The second-order valence-corrected chi connectivity index (χ2v) is 8.77. The molecule has 0 unspecified atom stereocenters. The number of fused-ring (bicyclic) bond motifs is 1. The van der Waals surface area contributed by atoms with Gasteiger partial charge in [-0.1, -0.05) is 48.5 Å². The molecule has 0 aliphatic heterocycles. The van der Waals surface area contributed by atoms with Crippen LogP contribution in [0.25, 0.3) is 10.9 Å². The molecule has 0 bridgehead atoms. The van der Waals surface area contributed by atoms with E-state index in [0.29, 0.717) is 18.4 Å². The average molecular weight is 417 g/mol. The normalized spacial score (nSPS) is 18.5. The van der Waals surface area contributed by atoms with Crippen molar-refractivity contribution in [1.82, 2.24) is 10.3 Å². The van der Waals surface area contributed by atoms with Crippen LogP contribution in [0.15, 0.2) is 60.7 Å². The van der Waals surface area contributed by atoms with Gasteiger partial charge in [-0.05, 0) is 43.2 Å². The third kappa shape index (κ3) is 5.54. The SMILES string of the molecule is CN(C)c1cc(N[C@H]2CC[C@@H](CNC(=O)Cc3ccccc3)CC2)nc2ccccc12. The zero-order valence-corrected chi connectivity index (χ0v) is 18.5. The van der Waals surface area contributed by atoms with Gasteiger partial charge in [0.2, 0.25) is 5.91 Å². The van der Waals surface area contributed by atoms with E-state index in [2.05, 4.69) is 53.9 Å². The standard InChI is InChI=1S/C26H32N4O/c1-30(2)24-17-25(29-23-11-7-6-10-22(23)24)28-21-14-12-20(13-15-21)18-27-26(31)16-19-8-4-3-5-9-19/h3-11,17,20-21H,12-16,18H2,1-2H3,(H,27,31)(H,28,29)/t20-,21+. The molecule has 1 aliphatic rings. The van der Waals surface area contributed by atoms with Crippen LogP contribution >= 0.6 is 0 Å². The van der Waals surface area contributed by atoms with Gasteiger partial charge in [-0.25, -0.2) is 4.98 Å². The minimum atomic E-state index is 0.114. The fraction of sp³-hybridized carbons (Fsp3) is 0.385. The van der Waals surface area contributed by atoms with Crippen molar-refractivity contribution >= 4 is 28.3 Å². The van der Waals surface area contributed by atoms with Crippen LogP contribution in [0.1, 0.15) is 31.2 Å². The van der Waals surface area contributed by atoms with E-state index in [4.69, 9.17) is 4.98 Å². The molecule has 3 aromatic rings. The molecule has 5 nitrogen and oxygen atoms in total. The largest absolute Gasteiger partial charge is 0.377 e. The Balaban J connectivity index is 1.28. The van der Waals surface area contributed by atoms with E-state index in [1.165, 1.54) is 11.1 Å². The maximum Gasteiger partial charge on any atom is 0.224 e. The molecule has 4 rings (SSSR count). The molecule has 0 radical (unpaired) electrons. The third-order valence-electron chi connectivity index (χ3n) is 6.17.